The molecule has 0 radical (unpaired) electrons. The lowest BCUT2D eigenvalue weighted by atomic mass is 10.2. The smallest absolute Gasteiger partial charge is 0.251 e. The van der Waals surface area contributed by atoms with Crippen LogP contribution in [0.15, 0.2) is 30.5 Å². The summed E-state index contributed by atoms with van der Waals surface area (Å²) in [5.41, 5.74) is 1.36. The number of aromatic nitrogens is 3. The average Bonchev–Trinajstić information content (AvgIpc) is 3.02. The van der Waals surface area contributed by atoms with Crippen LogP contribution in [0.4, 0.5) is 0 Å². The lowest BCUT2D eigenvalue weighted by Gasteiger charge is -2.04. The molecule has 0 saturated carbocycles. The Kier molecular flexibility index (Phi) is 10.1. The van der Waals surface area contributed by atoms with Gasteiger partial charge in [-0.15, -0.1) is 5.10 Å². The van der Waals surface area contributed by atoms with Crippen molar-refractivity contribution < 1.29 is 9.53 Å². The number of hydrogen-bond acceptors (Lipinski definition) is 4. The highest BCUT2D eigenvalue weighted by atomic mass is 16.5. The molecule has 1 aromatic carbocycles. The van der Waals surface area contributed by atoms with Gasteiger partial charge in [-0.05, 0) is 24.3 Å². The fourth-order valence-electron chi connectivity index (χ4n) is 1.47. The maximum atomic E-state index is 11.3. The van der Waals surface area contributed by atoms with Crippen LogP contribution in [0.2, 0.25) is 0 Å². The van der Waals surface area contributed by atoms with Crippen molar-refractivity contribution in [2.24, 2.45) is 7.05 Å². The molecule has 2 aromatic rings. The van der Waals surface area contributed by atoms with E-state index in [1.165, 1.54) is 0 Å². The number of amides is 1. The number of benzene rings is 1. The fourth-order valence-corrected chi connectivity index (χ4v) is 1.47. The molecule has 0 fully saturated rings. The Balaban J connectivity index is 0.00000102. The molecule has 22 heavy (non-hydrogen) atoms. The van der Waals surface area contributed by atoms with Crippen molar-refractivity contribution in [1.82, 2.24) is 20.3 Å². The second-order valence-electron chi connectivity index (χ2n) is 3.78. The van der Waals surface area contributed by atoms with Crippen molar-refractivity contribution in [1.29, 1.82) is 0 Å². The minimum Gasteiger partial charge on any atom is -0.487 e. The van der Waals surface area contributed by atoms with Crippen molar-refractivity contribution in [3.63, 3.8) is 0 Å². The first-order valence-electron chi connectivity index (χ1n) is 7.49. The van der Waals surface area contributed by atoms with E-state index in [4.69, 9.17) is 4.74 Å². The molecule has 0 spiro atoms. The lowest BCUT2D eigenvalue weighted by molar-refractivity contribution is 0.0963. The second kappa shape index (κ2) is 11.3. The summed E-state index contributed by atoms with van der Waals surface area (Å²) in [7, 11) is 3.40. The zero-order valence-corrected chi connectivity index (χ0v) is 14.3. The molecule has 6 nitrogen and oxygen atoms in total. The Bertz CT molecular complexity index is 535. The van der Waals surface area contributed by atoms with E-state index < -0.39 is 0 Å². The molecule has 6 heteroatoms. The Hall–Kier alpha value is -2.37. The molecule has 0 bridgehead atoms. The van der Waals surface area contributed by atoms with E-state index in [-0.39, 0.29) is 5.91 Å². The van der Waals surface area contributed by atoms with E-state index in [0.29, 0.717) is 17.9 Å². The Morgan fingerprint density at radius 3 is 2.23 bits per heavy atom. The Morgan fingerprint density at radius 2 is 1.77 bits per heavy atom. The Labute approximate surface area is 132 Å². The molecule has 0 atom stereocenters. The minimum absolute atomic E-state index is 0.115. The molecule has 1 N–H and O–H groups in total. The summed E-state index contributed by atoms with van der Waals surface area (Å²) in [6, 6.07) is 6.93. The van der Waals surface area contributed by atoms with E-state index >= 15 is 0 Å². The van der Waals surface area contributed by atoms with Gasteiger partial charge in [0.15, 0.2) is 0 Å². The summed E-state index contributed by atoms with van der Waals surface area (Å²) in [4.78, 5) is 11.3. The standard InChI is InChI=1S/C12H14N4O2.2C2H6/c1-13-12(17)9-3-5-11(6-4-9)18-8-10-7-16(2)15-14-10;2*1-2/h3-7H,8H2,1-2H3,(H,13,17);2*1-2H3. The van der Waals surface area contributed by atoms with Gasteiger partial charge in [-0.3, -0.25) is 9.48 Å². The van der Waals surface area contributed by atoms with Crippen molar-refractivity contribution in [3.05, 3.63) is 41.7 Å². The third-order valence-electron chi connectivity index (χ3n) is 2.38. The molecule has 0 aliphatic carbocycles. The number of ether oxygens (including phenoxy) is 1. The van der Waals surface area contributed by atoms with E-state index in [1.807, 2.05) is 27.7 Å². The van der Waals surface area contributed by atoms with Gasteiger partial charge in [-0.2, -0.15) is 0 Å². The van der Waals surface area contributed by atoms with Gasteiger partial charge < -0.3 is 10.1 Å². The van der Waals surface area contributed by atoms with Crippen molar-refractivity contribution in [3.8, 4) is 5.75 Å². The molecule has 0 aliphatic heterocycles. The van der Waals surface area contributed by atoms with Gasteiger partial charge in [0.2, 0.25) is 0 Å². The topological polar surface area (TPSA) is 69.0 Å². The number of carbonyl (C=O) groups excluding carboxylic acids is 1. The molecule has 1 amide bonds. The molecule has 1 aromatic heterocycles. The minimum atomic E-state index is -0.115. The second-order valence-corrected chi connectivity index (χ2v) is 3.78. The highest BCUT2D eigenvalue weighted by Gasteiger charge is 2.03. The van der Waals surface area contributed by atoms with E-state index in [2.05, 4.69) is 15.6 Å². The summed E-state index contributed by atoms with van der Waals surface area (Å²) in [6.07, 6.45) is 1.79. The van der Waals surface area contributed by atoms with Crippen LogP contribution in [0.3, 0.4) is 0 Å². The quantitative estimate of drug-likeness (QED) is 0.943. The summed E-state index contributed by atoms with van der Waals surface area (Å²) < 4.78 is 7.14. The molecule has 122 valence electrons. The molecule has 0 unspecified atom stereocenters. The molecular weight excluding hydrogens is 280 g/mol. The van der Waals surface area contributed by atoms with Crippen LogP contribution in [-0.4, -0.2) is 27.9 Å². The maximum absolute atomic E-state index is 11.3. The monoisotopic (exact) mass is 306 g/mol. The summed E-state index contributed by atoms with van der Waals surface area (Å²) in [5, 5.41) is 10.3. The van der Waals surface area contributed by atoms with Gasteiger partial charge >= 0.3 is 0 Å². The van der Waals surface area contributed by atoms with Gasteiger partial charge in [0.1, 0.15) is 18.1 Å². The predicted molar refractivity (Wildman–Crippen MR) is 87.9 cm³/mol. The number of nitrogens with one attached hydrogen (secondary N) is 1. The van der Waals surface area contributed by atoms with Gasteiger partial charge in [0.05, 0.1) is 6.20 Å². The zero-order chi connectivity index (χ0) is 17.0. The van der Waals surface area contributed by atoms with Crippen LogP contribution in [0.25, 0.3) is 0 Å². The molecule has 1 heterocycles. The van der Waals surface area contributed by atoms with Crippen LogP contribution in [0.5, 0.6) is 5.75 Å². The molecular formula is C16H26N4O2. The maximum Gasteiger partial charge on any atom is 0.251 e. The van der Waals surface area contributed by atoms with Crippen LogP contribution in [-0.2, 0) is 13.7 Å². The fraction of sp³-hybridized carbons (Fsp3) is 0.438. The predicted octanol–water partition coefficient (Wildman–Crippen LogP) is 2.81. The number of hydrogen-bond donors (Lipinski definition) is 1. The van der Waals surface area contributed by atoms with E-state index in [1.54, 1.807) is 49.2 Å². The van der Waals surface area contributed by atoms with E-state index in [0.717, 1.165) is 5.69 Å². The number of nitrogens with zero attached hydrogens (tertiary/aromatic N) is 3. The third-order valence-corrected chi connectivity index (χ3v) is 2.38. The first-order chi connectivity index (χ1) is 10.7. The lowest BCUT2D eigenvalue weighted by Crippen LogP contribution is -2.17. The van der Waals surface area contributed by atoms with Gasteiger partial charge in [-0.1, -0.05) is 32.9 Å². The normalized spacial score (nSPS) is 8.82. The zero-order valence-electron chi connectivity index (χ0n) is 14.3. The SMILES string of the molecule is CC.CC.CNC(=O)c1ccc(OCc2cn(C)nn2)cc1. The number of carbonyl (C=O) groups is 1. The van der Waals surface area contributed by atoms with Crippen molar-refractivity contribution in [2.75, 3.05) is 7.05 Å². The average molecular weight is 306 g/mol. The first-order valence-corrected chi connectivity index (χ1v) is 7.49. The van der Waals surface area contributed by atoms with Crippen molar-refractivity contribution >= 4 is 5.91 Å². The van der Waals surface area contributed by atoms with Crippen LogP contribution in [0, 0.1) is 0 Å². The van der Waals surface area contributed by atoms with Gasteiger partial charge in [0, 0.05) is 19.7 Å². The Morgan fingerprint density at radius 1 is 1.18 bits per heavy atom. The first kappa shape index (κ1) is 19.6. The molecule has 0 aliphatic rings. The highest BCUT2D eigenvalue weighted by molar-refractivity contribution is 5.94. The van der Waals surface area contributed by atoms with Crippen LogP contribution >= 0.6 is 0 Å². The summed E-state index contributed by atoms with van der Waals surface area (Å²) >= 11 is 0. The number of aryl methyl sites for hydroxylation is 1. The van der Waals surface area contributed by atoms with Gasteiger partial charge in [-0.25, -0.2) is 0 Å². The van der Waals surface area contributed by atoms with Crippen LogP contribution < -0.4 is 10.1 Å². The number of rotatable bonds is 4. The third kappa shape index (κ3) is 6.39. The van der Waals surface area contributed by atoms with Gasteiger partial charge in [0.25, 0.3) is 5.91 Å². The van der Waals surface area contributed by atoms with Crippen LogP contribution in [0.1, 0.15) is 43.7 Å². The molecule has 2 rings (SSSR count). The highest BCUT2D eigenvalue weighted by Crippen LogP contribution is 2.13. The largest absolute Gasteiger partial charge is 0.487 e. The molecule has 0 saturated heterocycles. The van der Waals surface area contributed by atoms with E-state index in [9.17, 15) is 4.79 Å². The van der Waals surface area contributed by atoms with Crippen molar-refractivity contribution in [2.45, 2.75) is 34.3 Å². The summed E-state index contributed by atoms with van der Waals surface area (Å²) in [5.74, 6) is 0.573. The summed E-state index contributed by atoms with van der Waals surface area (Å²) in [6.45, 7) is 8.35.